The standard InChI is InChI=1S/2C20H24N2O2.AsH3O4.8H2O/c2*1-3-13-12-22-9-7-14(13)10-19(22)20(23)16-6-8-21-18-5-4-15(24-2)11-17(16)18;2-1(3,4)5;;;;;;;;/h2*3-6,8,11,13-14,19-20,23H,1,7,9-10,12H2,2H3;(H3,2,3,4,5);8*1H2/t2*13-,14-,19-,20+;;;;;;;;;/m00........./s1. The molecular formula is C40H67AsN4O16. The summed E-state index contributed by atoms with van der Waals surface area (Å²) in [5.74, 6) is 4.01. The van der Waals surface area contributed by atoms with Gasteiger partial charge in [0.05, 0.1) is 37.5 Å². The Balaban J connectivity index is -0.000000888. The predicted octanol–water partition coefficient (Wildman–Crippen LogP) is -2.42. The molecular weight excluding hydrogens is 867 g/mol. The molecule has 348 valence electrons. The number of methoxy groups -OCH3 is 2. The van der Waals surface area contributed by atoms with Gasteiger partial charge in [-0.15, -0.1) is 13.2 Å². The van der Waals surface area contributed by atoms with Gasteiger partial charge in [0, 0.05) is 48.3 Å². The van der Waals surface area contributed by atoms with Gasteiger partial charge in [-0.05, 0) is 122 Å². The van der Waals surface area contributed by atoms with Gasteiger partial charge in [-0.2, -0.15) is 0 Å². The second-order valence-corrected chi connectivity index (χ2v) is 16.6. The van der Waals surface area contributed by atoms with Crippen molar-refractivity contribution in [3.8, 4) is 11.5 Å². The Morgan fingerprint density at radius 1 is 0.656 bits per heavy atom. The van der Waals surface area contributed by atoms with Gasteiger partial charge in [-0.1, -0.05) is 12.2 Å². The number of hydrogen-bond acceptors (Lipinski definition) is 9. The molecule has 8 heterocycles. The van der Waals surface area contributed by atoms with Gasteiger partial charge in [0.1, 0.15) is 11.5 Å². The van der Waals surface area contributed by atoms with Crippen molar-refractivity contribution in [2.45, 2.75) is 50.0 Å². The topological polar surface area (TPSA) is 421 Å². The number of ether oxygens (including phenoxy) is 2. The molecule has 20 nitrogen and oxygen atoms in total. The van der Waals surface area contributed by atoms with Gasteiger partial charge in [-0.25, -0.2) is 0 Å². The van der Waals surface area contributed by atoms with E-state index in [4.69, 9.17) is 25.5 Å². The molecule has 2 aromatic carbocycles. The van der Waals surface area contributed by atoms with Crippen LogP contribution in [0.5, 0.6) is 11.5 Å². The summed E-state index contributed by atoms with van der Waals surface area (Å²) in [6.07, 6.45) is 11.2. The summed E-state index contributed by atoms with van der Waals surface area (Å²) in [7, 11) is 3.32. The number of pyridine rings is 2. The minimum atomic E-state index is -5.12. The average molecular weight is 935 g/mol. The summed E-state index contributed by atoms with van der Waals surface area (Å²) in [6.45, 7) is 12.1. The molecule has 4 aromatic rings. The van der Waals surface area contributed by atoms with Crippen LogP contribution >= 0.6 is 0 Å². The quantitative estimate of drug-likeness (QED) is 0.0911. The van der Waals surface area contributed by atoms with Crippen LogP contribution in [0.3, 0.4) is 0 Å². The number of piperidine rings is 6. The second kappa shape index (κ2) is 26.5. The van der Waals surface area contributed by atoms with E-state index < -0.39 is 26.7 Å². The molecule has 6 saturated heterocycles. The molecule has 2 unspecified atom stereocenters. The second-order valence-electron chi connectivity index (χ2n) is 14.5. The monoisotopic (exact) mass is 934 g/mol. The van der Waals surface area contributed by atoms with Crippen molar-refractivity contribution in [3.63, 3.8) is 0 Å². The molecule has 0 amide bonds. The first kappa shape index (κ1) is 61.4. The average Bonchev–Trinajstić information content (AvgIpc) is 3.19. The molecule has 6 aliphatic rings. The number of nitrogens with zero attached hydrogens (tertiary/aromatic N) is 4. The van der Waals surface area contributed by atoms with Gasteiger partial charge in [0.15, 0.2) is 0 Å². The van der Waals surface area contributed by atoms with Crippen molar-refractivity contribution in [1.82, 2.24) is 19.8 Å². The van der Waals surface area contributed by atoms with E-state index in [-0.39, 0.29) is 55.9 Å². The van der Waals surface area contributed by atoms with E-state index in [0.29, 0.717) is 23.7 Å². The molecule has 61 heavy (non-hydrogen) atoms. The summed E-state index contributed by atoms with van der Waals surface area (Å²) < 4.78 is 41.4. The Hall–Kier alpha value is -3.90. The zero-order valence-corrected chi connectivity index (χ0v) is 36.2. The Bertz CT molecular complexity index is 1840. The zero-order valence-electron chi connectivity index (χ0n) is 34.3. The molecule has 10 atom stereocenters. The Kier molecular flexibility index (Phi) is 26.7. The Morgan fingerprint density at radius 3 is 1.28 bits per heavy atom. The number of fused-ring (bicyclic) bond motifs is 8. The molecule has 2 aromatic heterocycles. The maximum atomic E-state index is 11.2. The van der Waals surface area contributed by atoms with Crippen LogP contribution in [0.2, 0.25) is 0 Å². The molecule has 10 rings (SSSR count). The summed E-state index contributed by atoms with van der Waals surface area (Å²) in [5.41, 5.74) is 3.69. The van der Waals surface area contributed by atoms with Crippen molar-refractivity contribution in [2.24, 2.45) is 23.7 Å². The number of aromatic nitrogens is 2. The van der Waals surface area contributed by atoms with Gasteiger partial charge in [-0.3, -0.25) is 19.8 Å². The first-order valence-electron chi connectivity index (χ1n) is 18.1. The van der Waals surface area contributed by atoms with Gasteiger partial charge in [0.2, 0.25) is 0 Å². The summed E-state index contributed by atoms with van der Waals surface area (Å²) in [4.78, 5) is 13.7. The van der Waals surface area contributed by atoms with Crippen LogP contribution in [0.4, 0.5) is 0 Å². The van der Waals surface area contributed by atoms with E-state index in [1.165, 1.54) is 12.8 Å². The van der Waals surface area contributed by atoms with Gasteiger partial charge in [0.25, 0.3) is 0 Å². The molecule has 0 saturated carbocycles. The van der Waals surface area contributed by atoms with E-state index in [0.717, 1.165) is 83.5 Å². The van der Waals surface area contributed by atoms with Crippen molar-refractivity contribution < 1.29 is 79.5 Å². The van der Waals surface area contributed by atoms with E-state index in [1.807, 2.05) is 48.5 Å². The van der Waals surface area contributed by atoms with E-state index in [1.54, 1.807) is 26.6 Å². The van der Waals surface area contributed by atoms with E-state index >= 15 is 0 Å². The van der Waals surface area contributed by atoms with Crippen molar-refractivity contribution in [1.29, 1.82) is 0 Å². The Labute approximate surface area is 357 Å². The van der Waals surface area contributed by atoms with Crippen LogP contribution in [0.1, 0.15) is 49.0 Å². The molecule has 21 heteroatoms. The molecule has 6 aliphatic heterocycles. The minimum absolute atomic E-state index is 0. The molecule has 21 N–H and O–H groups in total. The maximum absolute atomic E-state index is 11.2. The zero-order chi connectivity index (χ0) is 37.9. The van der Waals surface area contributed by atoms with Crippen LogP contribution in [-0.4, -0.2) is 153 Å². The number of aliphatic hydroxyl groups excluding tert-OH is 2. The number of hydrogen-bond donors (Lipinski definition) is 5. The van der Waals surface area contributed by atoms with Crippen molar-refractivity contribution in [3.05, 3.63) is 97.4 Å². The number of benzene rings is 2. The Morgan fingerprint density at radius 2 is 1.00 bits per heavy atom. The van der Waals surface area contributed by atoms with Crippen LogP contribution in [0.25, 0.3) is 21.8 Å². The third-order valence-electron chi connectivity index (χ3n) is 11.6. The summed E-state index contributed by atoms with van der Waals surface area (Å²) in [5, 5.41) is 24.3. The summed E-state index contributed by atoms with van der Waals surface area (Å²) in [6, 6.07) is 15.9. The fourth-order valence-corrected chi connectivity index (χ4v) is 8.89. The predicted molar refractivity (Wildman–Crippen MR) is 232 cm³/mol. The first-order valence-corrected chi connectivity index (χ1v) is 21.4. The number of rotatable bonds is 8. The fraction of sp³-hybridized carbons (Fsp3) is 0.450. The molecule has 0 radical (unpaired) electrons. The van der Waals surface area contributed by atoms with Crippen LogP contribution in [-0.2, 0) is 3.74 Å². The van der Waals surface area contributed by atoms with Crippen molar-refractivity contribution in [2.75, 3.05) is 40.4 Å². The van der Waals surface area contributed by atoms with E-state index in [9.17, 15) is 10.2 Å². The number of aliphatic hydroxyl groups is 2. The van der Waals surface area contributed by atoms with E-state index in [2.05, 4.69) is 45.1 Å². The van der Waals surface area contributed by atoms with Crippen LogP contribution in [0, 0.1) is 23.7 Å². The van der Waals surface area contributed by atoms with Crippen LogP contribution in [0.15, 0.2) is 86.2 Å². The third-order valence-corrected chi connectivity index (χ3v) is 11.6. The molecule has 4 bridgehead atoms. The van der Waals surface area contributed by atoms with Crippen molar-refractivity contribution >= 4 is 36.3 Å². The first-order chi connectivity index (χ1) is 25.4. The third kappa shape index (κ3) is 14.1. The normalized spacial score (nSPS) is 24.8. The SMILES string of the molecule is C=C[C@H]1CN2CC[C@H]1C[C@H]2[C@H](O)c1ccnc2ccc(OC)cc12.C=C[C@H]1CN2CC[C@H]1C[C@H]2[C@H](O)c1ccnc2ccc(OC)cc12.O.O.O.O.O.O.O.O.O=[As](O)(O)O. The molecule has 0 aliphatic carbocycles. The van der Waals surface area contributed by atoms with Crippen LogP contribution < -0.4 is 9.47 Å². The molecule has 0 spiro atoms. The van der Waals surface area contributed by atoms with Gasteiger partial charge < -0.3 is 63.5 Å². The fourth-order valence-electron chi connectivity index (χ4n) is 8.89. The summed E-state index contributed by atoms with van der Waals surface area (Å²) >= 11 is -5.12. The molecule has 6 fully saturated rings. The van der Waals surface area contributed by atoms with Gasteiger partial charge >= 0.3 is 30.5 Å².